The summed E-state index contributed by atoms with van der Waals surface area (Å²) < 4.78 is 3.38. The fourth-order valence-corrected chi connectivity index (χ4v) is 4.53. The highest BCUT2D eigenvalue weighted by atomic mass is 16.1. The first kappa shape index (κ1) is 20.3. The number of hydrogen-bond donors (Lipinski definition) is 0. The molecule has 32 heavy (non-hydrogen) atoms. The molecule has 0 unspecified atom stereocenters. The van der Waals surface area contributed by atoms with Gasteiger partial charge in [-0.25, -0.2) is 4.79 Å². The molecule has 0 bridgehead atoms. The van der Waals surface area contributed by atoms with Crippen LogP contribution in [0.15, 0.2) is 77.7 Å². The zero-order valence-electron chi connectivity index (χ0n) is 19.2. The molecule has 5 aromatic rings. The van der Waals surface area contributed by atoms with Crippen molar-refractivity contribution in [2.24, 2.45) is 14.1 Å². The van der Waals surface area contributed by atoms with Crippen LogP contribution in [0.4, 0.5) is 0 Å². The van der Waals surface area contributed by atoms with Crippen LogP contribution in [0, 0.1) is 0 Å². The third-order valence-electron chi connectivity index (χ3n) is 6.33. The van der Waals surface area contributed by atoms with Gasteiger partial charge in [0.2, 0.25) is 0 Å². The SMILES string of the molecule is Cn1c(=O)n(C)c2cc(-c3ccnc(-c4cc(C(C)(C)C)c5ccccc5c4)c3)ccc21. The average molecular weight is 422 g/mol. The van der Waals surface area contributed by atoms with Crippen LogP contribution in [-0.4, -0.2) is 14.1 Å². The topological polar surface area (TPSA) is 39.8 Å². The van der Waals surface area contributed by atoms with E-state index < -0.39 is 0 Å². The molecule has 4 heteroatoms. The van der Waals surface area contributed by atoms with Gasteiger partial charge in [-0.1, -0.05) is 51.1 Å². The second-order valence-corrected chi connectivity index (χ2v) is 9.53. The third kappa shape index (κ3) is 3.23. The fourth-order valence-electron chi connectivity index (χ4n) is 4.53. The molecule has 4 nitrogen and oxygen atoms in total. The normalized spacial score (nSPS) is 12.0. The number of rotatable bonds is 2. The summed E-state index contributed by atoms with van der Waals surface area (Å²) in [5, 5.41) is 2.51. The molecule has 0 spiro atoms. The summed E-state index contributed by atoms with van der Waals surface area (Å²) in [4.78, 5) is 17.0. The molecule has 2 heterocycles. The molecule has 0 saturated heterocycles. The van der Waals surface area contributed by atoms with Crippen LogP contribution < -0.4 is 5.69 Å². The monoisotopic (exact) mass is 421 g/mol. The van der Waals surface area contributed by atoms with Crippen molar-refractivity contribution in [2.75, 3.05) is 0 Å². The first-order chi connectivity index (χ1) is 15.2. The second-order valence-electron chi connectivity index (χ2n) is 9.53. The Morgan fingerprint density at radius 1 is 0.750 bits per heavy atom. The van der Waals surface area contributed by atoms with Gasteiger partial charge in [0.15, 0.2) is 0 Å². The van der Waals surface area contributed by atoms with Gasteiger partial charge in [0.05, 0.1) is 16.7 Å². The van der Waals surface area contributed by atoms with E-state index in [4.69, 9.17) is 4.98 Å². The van der Waals surface area contributed by atoms with E-state index in [0.717, 1.165) is 33.4 Å². The van der Waals surface area contributed by atoms with Crippen molar-refractivity contribution in [2.45, 2.75) is 26.2 Å². The van der Waals surface area contributed by atoms with Crippen molar-refractivity contribution in [1.29, 1.82) is 0 Å². The summed E-state index contributed by atoms with van der Waals surface area (Å²) in [6.45, 7) is 6.76. The van der Waals surface area contributed by atoms with Crippen LogP contribution in [0.2, 0.25) is 0 Å². The Morgan fingerprint density at radius 3 is 2.25 bits per heavy atom. The summed E-state index contributed by atoms with van der Waals surface area (Å²) in [6, 6.07) is 23.4. The van der Waals surface area contributed by atoms with E-state index in [1.165, 1.54) is 16.3 Å². The molecule has 0 radical (unpaired) electrons. The van der Waals surface area contributed by atoms with Crippen molar-refractivity contribution < 1.29 is 0 Å². The lowest BCUT2D eigenvalue weighted by Crippen LogP contribution is -2.19. The van der Waals surface area contributed by atoms with Gasteiger partial charge in [-0.2, -0.15) is 0 Å². The first-order valence-electron chi connectivity index (χ1n) is 10.9. The number of pyridine rings is 1. The molecular weight excluding hydrogens is 394 g/mol. The molecular formula is C28H27N3O. The van der Waals surface area contributed by atoms with E-state index in [1.54, 1.807) is 16.2 Å². The molecule has 0 N–H and O–H groups in total. The minimum atomic E-state index is -0.0153. The van der Waals surface area contributed by atoms with Crippen molar-refractivity contribution in [3.05, 3.63) is 89.0 Å². The minimum absolute atomic E-state index is 0.0153. The lowest BCUT2D eigenvalue weighted by Gasteiger charge is -2.22. The van der Waals surface area contributed by atoms with E-state index in [0.29, 0.717) is 0 Å². The standard InChI is InChI=1S/C28H27N3O/c1-28(2,3)23-15-21(14-20-8-6-7-9-22(20)23)24-16-19(12-13-29-24)18-10-11-25-26(17-18)31(5)27(32)30(25)4/h6-17H,1-5H3. The zero-order chi connectivity index (χ0) is 22.6. The number of fused-ring (bicyclic) bond motifs is 2. The summed E-state index contributed by atoms with van der Waals surface area (Å²) in [5.74, 6) is 0. The molecule has 3 aromatic carbocycles. The van der Waals surface area contributed by atoms with E-state index in [2.05, 4.69) is 75.4 Å². The van der Waals surface area contributed by atoms with Crippen molar-refractivity contribution in [3.8, 4) is 22.4 Å². The summed E-state index contributed by atoms with van der Waals surface area (Å²) in [7, 11) is 3.62. The van der Waals surface area contributed by atoms with Gasteiger partial charge in [0.25, 0.3) is 0 Å². The molecule has 5 rings (SSSR count). The smallest absolute Gasteiger partial charge is 0.295 e. The van der Waals surface area contributed by atoms with E-state index in [1.807, 2.05) is 25.4 Å². The molecule has 0 atom stereocenters. The quantitative estimate of drug-likeness (QED) is 0.348. The number of aryl methyl sites for hydroxylation is 2. The van der Waals surface area contributed by atoms with Gasteiger partial charge in [-0.15, -0.1) is 0 Å². The van der Waals surface area contributed by atoms with E-state index in [9.17, 15) is 4.79 Å². The van der Waals surface area contributed by atoms with Crippen molar-refractivity contribution in [1.82, 2.24) is 14.1 Å². The Labute approximate surface area is 187 Å². The zero-order valence-corrected chi connectivity index (χ0v) is 19.2. The Balaban J connectivity index is 1.67. The summed E-state index contributed by atoms with van der Waals surface area (Å²) in [5.41, 5.74) is 7.39. The maximum atomic E-state index is 12.3. The molecule has 0 amide bonds. The van der Waals surface area contributed by atoms with Gasteiger partial charge < -0.3 is 0 Å². The van der Waals surface area contributed by atoms with Crippen LogP contribution >= 0.6 is 0 Å². The first-order valence-corrected chi connectivity index (χ1v) is 10.9. The highest BCUT2D eigenvalue weighted by Gasteiger charge is 2.19. The Hall–Kier alpha value is -3.66. The van der Waals surface area contributed by atoms with Gasteiger partial charge in [-0.3, -0.25) is 14.1 Å². The Bertz CT molecular complexity index is 1550. The van der Waals surface area contributed by atoms with Crippen LogP contribution in [-0.2, 0) is 19.5 Å². The van der Waals surface area contributed by atoms with Gasteiger partial charge in [0.1, 0.15) is 0 Å². The van der Waals surface area contributed by atoms with Crippen LogP contribution in [0.25, 0.3) is 44.2 Å². The Kier molecular flexibility index (Phi) is 4.55. The van der Waals surface area contributed by atoms with Crippen LogP contribution in [0.3, 0.4) is 0 Å². The van der Waals surface area contributed by atoms with Gasteiger partial charge in [0, 0.05) is 25.9 Å². The lowest BCUT2D eigenvalue weighted by atomic mass is 9.82. The number of nitrogens with zero attached hydrogens (tertiary/aromatic N) is 3. The predicted octanol–water partition coefficient (Wildman–Crippen LogP) is 6.06. The molecule has 0 aliphatic rings. The number of aromatic nitrogens is 3. The maximum Gasteiger partial charge on any atom is 0.328 e. The molecule has 0 saturated carbocycles. The number of imidazole rings is 1. The van der Waals surface area contributed by atoms with E-state index >= 15 is 0 Å². The third-order valence-corrected chi connectivity index (χ3v) is 6.33. The van der Waals surface area contributed by atoms with Crippen molar-refractivity contribution >= 4 is 21.8 Å². The van der Waals surface area contributed by atoms with Crippen LogP contribution in [0.5, 0.6) is 0 Å². The predicted molar refractivity (Wildman–Crippen MR) is 133 cm³/mol. The highest BCUT2D eigenvalue weighted by Crippen LogP contribution is 2.35. The average Bonchev–Trinajstić information content (AvgIpc) is 3.01. The van der Waals surface area contributed by atoms with Gasteiger partial charge >= 0.3 is 5.69 Å². The van der Waals surface area contributed by atoms with Gasteiger partial charge in [-0.05, 0) is 69.3 Å². The maximum absolute atomic E-state index is 12.3. The Morgan fingerprint density at radius 2 is 1.47 bits per heavy atom. The second kappa shape index (κ2) is 7.20. The number of benzene rings is 3. The molecule has 160 valence electrons. The van der Waals surface area contributed by atoms with Crippen LogP contribution in [0.1, 0.15) is 26.3 Å². The molecule has 0 fully saturated rings. The van der Waals surface area contributed by atoms with Crippen molar-refractivity contribution in [3.63, 3.8) is 0 Å². The molecule has 0 aliphatic carbocycles. The fraction of sp³-hybridized carbons (Fsp3) is 0.214. The summed E-state index contributed by atoms with van der Waals surface area (Å²) >= 11 is 0. The minimum Gasteiger partial charge on any atom is -0.295 e. The summed E-state index contributed by atoms with van der Waals surface area (Å²) in [6.07, 6.45) is 1.87. The van der Waals surface area contributed by atoms with E-state index in [-0.39, 0.29) is 11.1 Å². The highest BCUT2D eigenvalue weighted by molar-refractivity contribution is 5.91. The largest absolute Gasteiger partial charge is 0.328 e. The molecule has 0 aliphatic heterocycles. The number of hydrogen-bond acceptors (Lipinski definition) is 2. The molecule has 2 aromatic heterocycles. The lowest BCUT2D eigenvalue weighted by molar-refractivity contribution is 0.596.